The third-order valence-electron chi connectivity index (χ3n) is 1.42. The molecule has 0 aromatic heterocycles. The third-order valence-corrected chi connectivity index (χ3v) is 1.42. The summed E-state index contributed by atoms with van der Waals surface area (Å²) in [5.74, 6) is -3.83. The Balaban J connectivity index is 3.08. The molecule has 66 valence electrons. The van der Waals surface area contributed by atoms with E-state index in [2.05, 4.69) is 4.74 Å². The van der Waals surface area contributed by atoms with Gasteiger partial charge in [-0.2, -0.15) is 0 Å². The summed E-state index contributed by atoms with van der Waals surface area (Å²) < 4.78 is 42.2. The molecule has 4 heteroatoms. The van der Waals surface area contributed by atoms with Crippen molar-refractivity contribution < 1.29 is 17.9 Å². The van der Waals surface area contributed by atoms with Crippen LogP contribution in [0.2, 0.25) is 0 Å². The van der Waals surface area contributed by atoms with Gasteiger partial charge in [-0.1, -0.05) is 6.07 Å². The Morgan fingerprint density at radius 3 is 2.42 bits per heavy atom. The highest BCUT2D eigenvalue weighted by Crippen LogP contribution is 2.15. The number of hydrogen-bond acceptors (Lipinski definition) is 1. The van der Waals surface area contributed by atoms with Crippen LogP contribution in [0.15, 0.2) is 12.1 Å². The molecule has 0 amide bonds. The van der Waals surface area contributed by atoms with E-state index in [0.717, 1.165) is 12.1 Å². The Morgan fingerprint density at radius 2 is 1.83 bits per heavy atom. The molecule has 0 atom stereocenters. The Hall–Kier alpha value is -1.03. The van der Waals surface area contributed by atoms with Gasteiger partial charge in [0.1, 0.15) is 0 Å². The summed E-state index contributed by atoms with van der Waals surface area (Å²) in [7, 11) is 1.35. The van der Waals surface area contributed by atoms with E-state index in [9.17, 15) is 13.2 Å². The molecule has 0 aliphatic rings. The van der Waals surface area contributed by atoms with E-state index in [1.54, 1.807) is 0 Å². The summed E-state index contributed by atoms with van der Waals surface area (Å²) >= 11 is 0. The molecule has 1 rings (SSSR count). The van der Waals surface area contributed by atoms with E-state index >= 15 is 0 Å². The van der Waals surface area contributed by atoms with E-state index in [-0.39, 0.29) is 12.2 Å². The van der Waals surface area contributed by atoms with Gasteiger partial charge in [-0.3, -0.25) is 0 Å². The molecule has 0 radical (unpaired) electrons. The molecule has 1 aromatic carbocycles. The van der Waals surface area contributed by atoms with Crippen molar-refractivity contribution in [1.29, 1.82) is 0 Å². The fourth-order valence-corrected chi connectivity index (χ4v) is 0.833. The predicted molar refractivity (Wildman–Crippen MR) is 37.0 cm³/mol. The van der Waals surface area contributed by atoms with Crippen LogP contribution in [0.25, 0.3) is 0 Å². The summed E-state index contributed by atoms with van der Waals surface area (Å²) in [4.78, 5) is 0. The fourth-order valence-electron chi connectivity index (χ4n) is 0.833. The van der Waals surface area contributed by atoms with Gasteiger partial charge in [0.25, 0.3) is 0 Å². The topological polar surface area (TPSA) is 9.23 Å². The molecular formula is C8H7F3O. The maximum absolute atomic E-state index is 12.8. The lowest BCUT2D eigenvalue weighted by Gasteiger charge is -2.02. The Bertz CT molecular complexity index is 286. The summed E-state index contributed by atoms with van der Waals surface area (Å²) in [6.07, 6.45) is 0. The molecule has 0 aliphatic carbocycles. The van der Waals surface area contributed by atoms with Gasteiger partial charge in [-0.25, -0.2) is 13.2 Å². The SMILES string of the molecule is COCc1ccc(F)c(F)c1F. The Labute approximate surface area is 67.8 Å². The highest BCUT2D eigenvalue weighted by Gasteiger charge is 2.12. The van der Waals surface area contributed by atoms with Crippen molar-refractivity contribution in [3.63, 3.8) is 0 Å². The number of halogens is 3. The van der Waals surface area contributed by atoms with Gasteiger partial charge in [-0.15, -0.1) is 0 Å². The Kier molecular flexibility index (Phi) is 2.70. The maximum atomic E-state index is 12.8. The van der Waals surface area contributed by atoms with E-state index < -0.39 is 17.5 Å². The van der Waals surface area contributed by atoms with Crippen LogP contribution in [-0.2, 0) is 11.3 Å². The Morgan fingerprint density at radius 1 is 1.17 bits per heavy atom. The maximum Gasteiger partial charge on any atom is 0.194 e. The molecule has 0 unspecified atom stereocenters. The van der Waals surface area contributed by atoms with E-state index in [4.69, 9.17) is 0 Å². The largest absolute Gasteiger partial charge is 0.380 e. The van der Waals surface area contributed by atoms with Crippen molar-refractivity contribution in [3.05, 3.63) is 35.1 Å². The van der Waals surface area contributed by atoms with Gasteiger partial charge >= 0.3 is 0 Å². The van der Waals surface area contributed by atoms with Gasteiger partial charge in [-0.05, 0) is 6.07 Å². The molecule has 1 nitrogen and oxygen atoms in total. The highest BCUT2D eigenvalue weighted by atomic mass is 19.2. The van der Waals surface area contributed by atoms with E-state index in [1.807, 2.05) is 0 Å². The molecule has 0 N–H and O–H groups in total. The first-order valence-electron chi connectivity index (χ1n) is 3.28. The first kappa shape index (κ1) is 9.06. The lowest BCUT2D eigenvalue weighted by molar-refractivity contribution is 0.180. The minimum atomic E-state index is -1.45. The first-order chi connectivity index (χ1) is 5.66. The first-order valence-corrected chi connectivity index (χ1v) is 3.28. The molecule has 0 saturated heterocycles. The van der Waals surface area contributed by atoms with E-state index in [0.29, 0.717) is 0 Å². The van der Waals surface area contributed by atoms with Crippen LogP contribution < -0.4 is 0 Å². The van der Waals surface area contributed by atoms with Crippen molar-refractivity contribution in [1.82, 2.24) is 0 Å². The summed E-state index contributed by atoms with van der Waals surface area (Å²) in [6, 6.07) is 2.02. The fraction of sp³-hybridized carbons (Fsp3) is 0.250. The van der Waals surface area contributed by atoms with Gasteiger partial charge in [0.2, 0.25) is 0 Å². The number of benzene rings is 1. The van der Waals surface area contributed by atoms with Crippen LogP contribution >= 0.6 is 0 Å². The van der Waals surface area contributed by atoms with Crippen LogP contribution in [0.3, 0.4) is 0 Å². The van der Waals surface area contributed by atoms with Gasteiger partial charge < -0.3 is 4.74 Å². The standard InChI is InChI=1S/C8H7F3O/c1-12-4-5-2-3-6(9)8(11)7(5)10/h2-3H,4H2,1H3. The normalized spacial score (nSPS) is 10.3. The molecule has 1 aromatic rings. The van der Waals surface area contributed by atoms with Crippen LogP contribution in [0.4, 0.5) is 13.2 Å². The third kappa shape index (κ3) is 1.58. The van der Waals surface area contributed by atoms with Crippen LogP contribution in [0, 0.1) is 17.5 Å². The number of rotatable bonds is 2. The second-order valence-electron chi connectivity index (χ2n) is 2.27. The second kappa shape index (κ2) is 3.58. The smallest absolute Gasteiger partial charge is 0.194 e. The van der Waals surface area contributed by atoms with Crippen molar-refractivity contribution in [2.75, 3.05) is 7.11 Å². The quantitative estimate of drug-likeness (QED) is 0.628. The molecule has 0 spiro atoms. The molecular weight excluding hydrogens is 169 g/mol. The van der Waals surface area contributed by atoms with E-state index in [1.165, 1.54) is 7.11 Å². The second-order valence-corrected chi connectivity index (χ2v) is 2.27. The molecule has 0 heterocycles. The van der Waals surface area contributed by atoms with Crippen molar-refractivity contribution >= 4 is 0 Å². The zero-order chi connectivity index (χ0) is 9.14. The minimum Gasteiger partial charge on any atom is -0.380 e. The van der Waals surface area contributed by atoms with Gasteiger partial charge in [0.15, 0.2) is 17.5 Å². The summed E-state index contributed by atoms with van der Waals surface area (Å²) in [5, 5.41) is 0. The number of ether oxygens (including phenoxy) is 1. The summed E-state index contributed by atoms with van der Waals surface area (Å²) in [5.41, 5.74) is 0.0106. The zero-order valence-corrected chi connectivity index (χ0v) is 6.40. The molecule has 0 aliphatic heterocycles. The highest BCUT2D eigenvalue weighted by molar-refractivity contribution is 5.19. The minimum absolute atomic E-state index is 0.0106. The van der Waals surface area contributed by atoms with Gasteiger partial charge in [0, 0.05) is 12.7 Å². The molecule has 0 saturated carbocycles. The lowest BCUT2D eigenvalue weighted by Crippen LogP contribution is -1.98. The van der Waals surface area contributed by atoms with Gasteiger partial charge in [0.05, 0.1) is 6.61 Å². The van der Waals surface area contributed by atoms with Crippen LogP contribution in [0.5, 0.6) is 0 Å². The van der Waals surface area contributed by atoms with Crippen molar-refractivity contribution in [2.45, 2.75) is 6.61 Å². The molecule has 0 bridgehead atoms. The molecule has 12 heavy (non-hydrogen) atoms. The number of methoxy groups -OCH3 is 1. The molecule has 0 fully saturated rings. The average Bonchev–Trinajstić information content (AvgIpc) is 2.07. The zero-order valence-electron chi connectivity index (χ0n) is 6.40. The lowest BCUT2D eigenvalue weighted by atomic mass is 10.2. The number of hydrogen-bond donors (Lipinski definition) is 0. The van der Waals surface area contributed by atoms with Crippen LogP contribution in [0.1, 0.15) is 5.56 Å². The van der Waals surface area contributed by atoms with Crippen LogP contribution in [-0.4, -0.2) is 7.11 Å². The van der Waals surface area contributed by atoms with Crippen molar-refractivity contribution in [2.24, 2.45) is 0 Å². The predicted octanol–water partition coefficient (Wildman–Crippen LogP) is 2.25. The monoisotopic (exact) mass is 176 g/mol. The average molecular weight is 176 g/mol. The summed E-state index contributed by atoms with van der Waals surface area (Å²) in [6.45, 7) is -0.0664. The van der Waals surface area contributed by atoms with Crippen molar-refractivity contribution in [3.8, 4) is 0 Å².